The number of rotatable bonds is 2. The van der Waals surface area contributed by atoms with Gasteiger partial charge >= 0.3 is 0 Å². The number of benzene rings is 1. The van der Waals surface area contributed by atoms with Crippen LogP contribution in [0.4, 0.5) is 0 Å². The van der Waals surface area contributed by atoms with Gasteiger partial charge in [0.2, 0.25) is 5.91 Å². The summed E-state index contributed by atoms with van der Waals surface area (Å²) < 4.78 is 0. The molecular formula is C9H9NO2SZn. The van der Waals surface area contributed by atoms with E-state index in [0.29, 0.717) is 10.5 Å². The van der Waals surface area contributed by atoms with E-state index in [1.54, 1.807) is 12.1 Å². The van der Waals surface area contributed by atoms with Gasteiger partial charge in [0.1, 0.15) is 0 Å². The van der Waals surface area contributed by atoms with Crippen molar-refractivity contribution >= 4 is 24.3 Å². The summed E-state index contributed by atoms with van der Waals surface area (Å²) in [5, 5.41) is 0. The Morgan fingerprint density at radius 1 is 1.36 bits per heavy atom. The average Bonchev–Trinajstić information content (AvgIpc) is 2.04. The van der Waals surface area contributed by atoms with E-state index >= 15 is 0 Å². The molecule has 1 amide bonds. The molecule has 0 aliphatic carbocycles. The molecule has 5 heteroatoms. The largest absolute Gasteiger partial charge is 0.366 e. The Morgan fingerprint density at radius 2 is 1.93 bits per heavy atom. The minimum absolute atomic E-state index is 0. The Bertz CT molecular complexity index is 379. The van der Waals surface area contributed by atoms with E-state index < -0.39 is 5.91 Å². The van der Waals surface area contributed by atoms with Crippen LogP contribution in [0.15, 0.2) is 23.1 Å². The van der Waals surface area contributed by atoms with Crippen molar-refractivity contribution in [1.82, 2.24) is 0 Å². The van der Waals surface area contributed by atoms with Gasteiger partial charge in [0, 0.05) is 29.9 Å². The van der Waals surface area contributed by atoms with Crippen molar-refractivity contribution in [3.63, 3.8) is 0 Å². The van der Waals surface area contributed by atoms with Crippen molar-refractivity contribution in [1.29, 1.82) is 0 Å². The second-order valence-corrected chi connectivity index (χ2v) is 3.13. The van der Waals surface area contributed by atoms with Crippen LogP contribution >= 0.6 is 12.6 Å². The third kappa shape index (κ3) is 2.93. The molecule has 0 heterocycles. The molecule has 0 fully saturated rings. The molecule has 0 spiro atoms. The smallest absolute Gasteiger partial charge is 0.249 e. The molecule has 0 saturated heterocycles. The van der Waals surface area contributed by atoms with E-state index in [-0.39, 0.29) is 30.8 Å². The first-order chi connectivity index (χ1) is 6.02. The third-order valence-corrected chi connectivity index (χ3v) is 2.06. The zero-order valence-corrected chi connectivity index (χ0v) is 11.6. The van der Waals surface area contributed by atoms with Gasteiger partial charge in [-0.15, -0.1) is 12.6 Å². The summed E-state index contributed by atoms with van der Waals surface area (Å²) in [6.07, 6.45) is 0. The van der Waals surface area contributed by atoms with Gasteiger partial charge in [-0.05, 0) is 19.1 Å². The van der Waals surface area contributed by atoms with Crippen LogP contribution in [-0.4, -0.2) is 11.7 Å². The Kier molecular flexibility index (Phi) is 5.02. The number of hydrogen-bond donors (Lipinski definition) is 2. The molecule has 1 aromatic carbocycles. The Labute approximate surface area is 100 Å². The second kappa shape index (κ2) is 5.27. The molecule has 0 aromatic heterocycles. The first-order valence-electron chi connectivity index (χ1n) is 3.66. The molecule has 2 N–H and O–H groups in total. The molecule has 14 heavy (non-hydrogen) atoms. The predicted molar refractivity (Wildman–Crippen MR) is 52.2 cm³/mol. The number of amides is 1. The number of carbonyl (C=O) groups excluding carboxylic acids is 2. The molecule has 70 valence electrons. The quantitative estimate of drug-likeness (QED) is 0.478. The molecule has 0 atom stereocenters. The minimum Gasteiger partial charge on any atom is -0.366 e. The summed E-state index contributed by atoms with van der Waals surface area (Å²) in [7, 11) is 0. The van der Waals surface area contributed by atoms with Crippen LogP contribution in [0, 0.1) is 0 Å². The van der Waals surface area contributed by atoms with Gasteiger partial charge in [0.05, 0.1) is 5.56 Å². The van der Waals surface area contributed by atoms with Crippen LogP contribution in [0.25, 0.3) is 0 Å². The maximum atomic E-state index is 11.0. The molecule has 0 aliphatic heterocycles. The number of ketones is 1. The minimum atomic E-state index is -0.576. The molecule has 1 aromatic rings. The number of hydrogen-bond acceptors (Lipinski definition) is 3. The summed E-state index contributed by atoms with van der Waals surface area (Å²) in [6, 6.07) is 4.64. The van der Waals surface area contributed by atoms with E-state index in [1.165, 1.54) is 13.0 Å². The SMILES string of the molecule is CC(=O)c1ccc(S)c(C(N)=O)c1.[Zn]. The Hall–Kier alpha value is -0.667. The maximum absolute atomic E-state index is 11.0. The number of carbonyl (C=O) groups is 2. The second-order valence-electron chi connectivity index (χ2n) is 2.65. The van der Waals surface area contributed by atoms with Crippen LogP contribution in [0.1, 0.15) is 27.6 Å². The van der Waals surface area contributed by atoms with Crippen LogP contribution < -0.4 is 5.73 Å². The molecule has 0 unspecified atom stereocenters. The fraction of sp³-hybridized carbons (Fsp3) is 0.111. The monoisotopic (exact) mass is 259 g/mol. The number of primary amides is 1. The summed E-state index contributed by atoms with van der Waals surface area (Å²) in [4.78, 5) is 22.3. The molecule has 3 nitrogen and oxygen atoms in total. The van der Waals surface area contributed by atoms with Crippen molar-refractivity contribution in [2.75, 3.05) is 0 Å². The maximum Gasteiger partial charge on any atom is 0.249 e. The molecule has 0 bridgehead atoms. The fourth-order valence-corrected chi connectivity index (χ4v) is 1.20. The van der Waals surface area contributed by atoms with Gasteiger partial charge in [0.15, 0.2) is 5.78 Å². The van der Waals surface area contributed by atoms with Crippen molar-refractivity contribution in [2.24, 2.45) is 5.73 Å². The van der Waals surface area contributed by atoms with E-state index in [0.717, 1.165) is 0 Å². The summed E-state index contributed by atoms with van der Waals surface area (Å²) in [6.45, 7) is 1.43. The average molecular weight is 261 g/mol. The van der Waals surface area contributed by atoms with Crippen molar-refractivity contribution in [2.45, 2.75) is 11.8 Å². The van der Waals surface area contributed by atoms with Gasteiger partial charge < -0.3 is 5.73 Å². The van der Waals surface area contributed by atoms with Crippen LogP contribution in [0.3, 0.4) is 0 Å². The van der Waals surface area contributed by atoms with Gasteiger partial charge in [0.25, 0.3) is 0 Å². The number of Topliss-reactive ketones (excluding diaryl/α,β-unsaturated/α-hetero) is 1. The standard InChI is InChI=1S/C9H9NO2S.Zn/c1-5(11)6-2-3-8(13)7(4-6)9(10)12;/h2-4,13H,1H3,(H2,10,12);. The zero-order chi connectivity index (χ0) is 10.0. The normalized spacial score (nSPS) is 9.00. The number of nitrogens with two attached hydrogens (primary N) is 1. The molecule has 1 rings (SSSR count). The van der Waals surface area contributed by atoms with Crippen molar-refractivity contribution < 1.29 is 29.1 Å². The fourth-order valence-electron chi connectivity index (χ4n) is 0.952. The summed E-state index contributed by atoms with van der Waals surface area (Å²) in [5.41, 5.74) is 5.82. The first kappa shape index (κ1) is 13.3. The van der Waals surface area contributed by atoms with Crippen LogP contribution in [0.2, 0.25) is 0 Å². The Morgan fingerprint density at radius 3 is 2.36 bits per heavy atom. The van der Waals surface area contributed by atoms with E-state index in [4.69, 9.17) is 5.73 Å². The van der Waals surface area contributed by atoms with E-state index in [1.807, 2.05) is 0 Å². The third-order valence-electron chi connectivity index (χ3n) is 1.67. The van der Waals surface area contributed by atoms with Gasteiger partial charge in [-0.25, -0.2) is 0 Å². The van der Waals surface area contributed by atoms with E-state index in [9.17, 15) is 9.59 Å². The summed E-state index contributed by atoms with van der Waals surface area (Å²) in [5.74, 6) is -0.677. The van der Waals surface area contributed by atoms with Crippen molar-refractivity contribution in [3.8, 4) is 0 Å². The molecule has 0 radical (unpaired) electrons. The van der Waals surface area contributed by atoms with Gasteiger partial charge in [-0.3, -0.25) is 9.59 Å². The first-order valence-corrected chi connectivity index (χ1v) is 4.11. The predicted octanol–water partition coefficient (Wildman–Crippen LogP) is 1.27. The van der Waals surface area contributed by atoms with Gasteiger partial charge in [-0.2, -0.15) is 0 Å². The zero-order valence-electron chi connectivity index (χ0n) is 7.78. The molecule has 0 aliphatic rings. The molecular weight excluding hydrogens is 252 g/mol. The van der Waals surface area contributed by atoms with Crippen molar-refractivity contribution in [3.05, 3.63) is 29.3 Å². The molecule has 0 saturated carbocycles. The Balaban J connectivity index is 0.00000169. The number of thiol groups is 1. The van der Waals surface area contributed by atoms with Crippen LogP contribution in [-0.2, 0) is 19.5 Å². The van der Waals surface area contributed by atoms with Gasteiger partial charge in [-0.1, -0.05) is 6.07 Å². The topological polar surface area (TPSA) is 60.2 Å². The van der Waals surface area contributed by atoms with E-state index in [2.05, 4.69) is 12.6 Å². The van der Waals surface area contributed by atoms with Crippen LogP contribution in [0.5, 0.6) is 0 Å². The summed E-state index contributed by atoms with van der Waals surface area (Å²) >= 11 is 4.04.